The number of carbonyl (C=O) groups excluding carboxylic acids is 1. The van der Waals surface area contributed by atoms with Gasteiger partial charge in [-0.1, -0.05) is 67.8 Å². The molecule has 1 N–H and O–H groups in total. The number of sulfone groups is 1. The van der Waals surface area contributed by atoms with Crippen molar-refractivity contribution in [3.63, 3.8) is 0 Å². The number of aromatic nitrogens is 1. The number of hydrogen-bond acceptors (Lipinski definition) is 4. The van der Waals surface area contributed by atoms with Crippen molar-refractivity contribution in [1.29, 1.82) is 0 Å². The summed E-state index contributed by atoms with van der Waals surface area (Å²) in [5.74, 6) is 0.333. The molecule has 2 aromatic carbocycles. The molecule has 32 heavy (non-hydrogen) atoms. The maximum Gasteiger partial charge on any atom is 0.224 e. The van der Waals surface area contributed by atoms with Gasteiger partial charge >= 0.3 is 0 Å². The Morgan fingerprint density at radius 3 is 2.38 bits per heavy atom. The highest BCUT2D eigenvalue weighted by Crippen LogP contribution is 2.34. The molecule has 0 spiro atoms. The van der Waals surface area contributed by atoms with Crippen LogP contribution in [0.5, 0.6) is 0 Å². The molecule has 0 bridgehead atoms. The van der Waals surface area contributed by atoms with Gasteiger partial charge in [0.2, 0.25) is 5.91 Å². The Kier molecular flexibility index (Phi) is 6.60. The van der Waals surface area contributed by atoms with Gasteiger partial charge in [0.25, 0.3) is 0 Å². The Morgan fingerprint density at radius 1 is 1.03 bits per heavy atom. The summed E-state index contributed by atoms with van der Waals surface area (Å²) in [5, 5.41) is 3.85. The lowest BCUT2D eigenvalue weighted by atomic mass is 9.84. The van der Waals surface area contributed by atoms with E-state index in [0.717, 1.165) is 18.4 Å². The first-order chi connectivity index (χ1) is 15.3. The van der Waals surface area contributed by atoms with E-state index in [1.54, 1.807) is 0 Å². The van der Waals surface area contributed by atoms with Gasteiger partial charge in [-0.25, -0.2) is 13.4 Å². The second kappa shape index (κ2) is 9.41. The van der Waals surface area contributed by atoms with Crippen molar-refractivity contribution in [2.24, 2.45) is 5.92 Å². The number of carbonyl (C=O) groups is 1. The lowest BCUT2D eigenvalue weighted by Gasteiger charge is -2.28. The molecular formula is C26H30N2O3S. The molecule has 0 saturated heterocycles. The molecule has 1 fully saturated rings. The Labute approximate surface area is 190 Å². The summed E-state index contributed by atoms with van der Waals surface area (Å²) >= 11 is 0. The van der Waals surface area contributed by atoms with Gasteiger partial charge in [0.1, 0.15) is 0 Å². The fraction of sp³-hybridized carbons (Fsp3) is 0.385. The average Bonchev–Trinajstić information content (AvgIpc) is 2.79. The number of hydrogen-bond donors (Lipinski definition) is 1. The molecular weight excluding hydrogens is 420 g/mol. The third-order valence-corrected chi connectivity index (χ3v) is 7.63. The van der Waals surface area contributed by atoms with Crippen LogP contribution in [0.3, 0.4) is 0 Å². The predicted octanol–water partition coefficient (Wildman–Crippen LogP) is 4.93. The highest BCUT2D eigenvalue weighted by atomic mass is 32.2. The first-order valence-electron chi connectivity index (χ1n) is 11.3. The topological polar surface area (TPSA) is 76.1 Å². The van der Waals surface area contributed by atoms with Crippen LogP contribution in [0.1, 0.15) is 44.6 Å². The molecule has 3 aromatic rings. The van der Waals surface area contributed by atoms with Gasteiger partial charge in [-0.05, 0) is 37.3 Å². The summed E-state index contributed by atoms with van der Waals surface area (Å²) in [6.07, 6.45) is 7.13. The van der Waals surface area contributed by atoms with Crippen molar-refractivity contribution >= 4 is 26.6 Å². The second-order valence-electron chi connectivity index (χ2n) is 8.85. The molecule has 6 heteroatoms. The summed E-state index contributed by atoms with van der Waals surface area (Å²) in [7, 11) is -3.64. The van der Waals surface area contributed by atoms with E-state index in [2.05, 4.69) is 12.2 Å². The summed E-state index contributed by atoms with van der Waals surface area (Å²) in [4.78, 5) is 18.0. The Bertz CT molecular complexity index is 1220. The second-order valence-corrected chi connectivity index (χ2v) is 10.8. The van der Waals surface area contributed by atoms with Gasteiger partial charge in [-0.15, -0.1) is 0 Å². The van der Waals surface area contributed by atoms with Crippen LogP contribution >= 0.6 is 0 Å². The summed E-state index contributed by atoms with van der Waals surface area (Å²) in [6.45, 7) is 2.06. The smallest absolute Gasteiger partial charge is 0.224 e. The third-order valence-electron chi connectivity index (χ3n) is 6.45. The first kappa shape index (κ1) is 22.5. The molecule has 1 unspecified atom stereocenters. The number of nitrogens with zero attached hydrogens (tertiary/aromatic N) is 1. The lowest BCUT2D eigenvalue weighted by molar-refractivity contribution is -0.121. The van der Waals surface area contributed by atoms with Crippen LogP contribution in [-0.4, -0.2) is 31.6 Å². The van der Waals surface area contributed by atoms with Crippen LogP contribution < -0.4 is 5.32 Å². The molecule has 1 aliphatic rings. The van der Waals surface area contributed by atoms with E-state index in [-0.39, 0.29) is 23.3 Å². The zero-order chi connectivity index (χ0) is 22.7. The molecule has 5 nitrogen and oxygen atoms in total. The third kappa shape index (κ3) is 4.85. The van der Waals surface area contributed by atoms with Crippen molar-refractivity contribution < 1.29 is 13.2 Å². The van der Waals surface area contributed by atoms with Gasteiger partial charge in [-0.3, -0.25) is 4.79 Å². The van der Waals surface area contributed by atoms with E-state index in [1.807, 2.05) is 54.6 Å². The minimum atomic E-state index is -3.64. The van der Waals surface area contributed by atoms with Crippen LogP contribution in [0, 0.1) is 5.92 Å². The maximum atomic E-state index is 13.1. The van der Waals surface area contributed by atoms with Gasteiger partial charge < -0.3 is 5.32 Å². The number of amides is 1. The van der Waals surface area contributed by atoms with Crippen molar-refractivity contribution in [2.45, 2.75) is 56.4 Å². The summed E-state index contributed by atoms with van der Waals surface area (Å²) < 4.78 is 25.9. The van der Waals surface area contributed by atoms with Crippen LogP contribution in [0.25, 0.3) is 22.2 Å². The van der Waals surface area contributed by atoms with Crippen LogP contribution in [0.2, 0.25) is 0 Å². The van der Waals surface area contributed by atoms with Gasteiger partial charge in [-0.2, -0.15) is 0 Å². The number of fused-ring (bicyclic) bond motifs is 1. The minimum Gasteiger partial charge on any atom is -0.353 e. The molecule has 1 atom stereocenters. The van der Waals surface area contributed by atoms with E-state index < -0.39 is 9.84 Å². The predicted molar refractivity (Wildman–Crippen MR) is 128 cm³/mol. The standard InChI is InChI=1S/C26H30N2O3S/c1-18(19-11-5-3-6-12-19)27-24(29)17-22-21-15-9-10-16-23(21)28-25(26(22)32(2,30)31)20-13-7-4-8-14-20/h4,7-10,13-16,18-19H,3,5-6,11-12,17H2,1-2H3,(H,27,29). The van der Waals surface area contributed by atoms with Gasteiger partial charge in [0, 0.05) is 23.2 Å². The number of benzene rings is 2. The largest absolute Gasteiger partial charge is 0.353 e. The van der Waals surface area contributed by atoms with Crippen molar-refractivity contribution in [3.8, 4) is 11.3 Å². The molecule has 1 heterocycles. The van der Waals surface area contributed by atoms with E-state index >= 15 is 0 Å². The fourth-order valence-electron chi connectivity index (χ4n) is 4.85. The lowest BCUT2D eigenvalue weighted by Crippen LogP contribution is -2.39. The van der Waals surface area contributed by atoms with Crippen LogP contribution in [0.4, 0.5) is 0 Å². The van der Waals surface area contributed by atoms with Crippen molar-refractivity contribution in [2.75, 3.05) is 6.26 Å². The van der Waals surface area contributed by atoms with E-state index in [4.69, 9.17) is 4.98 Å². The highest BCUT2D eigenvalue weighted by molar-refractivity contribution is 7.91. The molecule has 1 aliphatic carbocycles. The monoisotopic (exact) mass is 450 g/mol. The normalized spacial score (nSPS) is 16.1. The molecule has 1 amide bonds. The number of rotatable bonds is 6. The SMILES string of the molecule is CC(NC(=O)Cc1c(S(C)(=O)=O)c(-c2ccccc2)nc2ccccc12)C1CCCCC1. The number of nitrogens with one attached hydrogen (secondary N) is 1. The van der Waals surface area contributed by atoms with Gasteiger partial charge in [0.15, 0.2) is 9.84 Å². The Balaban J connectivity index is 1.78. The summed E-state index contributed by atoms with van der Waals surface area (Å²) in [6, 6.07) is 16.8. The molecule has 0 aliphatic heterocycles. The minimum absolute atomic E-state index is 0.00231. The van der Waals surface area contributed by atoms with E-state index in [9.17, 15) is 13.2 Å². The number of para-hydroxylation sites is 1. The zero-order valence-electron chi connectivity index (χ0n) is 18.7. The van der Waals surface area contributed by atoms with E-state index in [0.29, 0.717) is 28.1 Å². The quantitative estimate of drug-likeness (QED) is 0.578. The van der Waals surface area contributed by atoms with E-state index in [1.165, 1.54) is 25.5 Å². The van der Waals surface area contributed by atoms with Crippen molar-refractivity contribution in [1.82, 2.24) is 10.3 Å². The molecule has 4 rings (SSSR count). The molecule has 0 radical (unpaired) electrons. The first-order valence-corrected chi connectivity index (χ1v) is 13.2. The summed E-state index contributed by atoms with van der Waals surface area (Å²) in [5.41, 5.74) is 2.32. The molecule has 1 aromatic heterocycles. The highest BCUT2D eigenvalue weighted by Gasteiger charge is 2.27. The number of pyridine rings is 1. The van der Waals surface area contributed by atoms with Crippen molar-refractivity contribution in [3.05, 3.63) is 60.2 Å². The Hall–Kier alpha value is -2.73. The molecule has 168 valence electrons. The average molecular weight is 451 g/mol. The maximum absolute atomic E-state index is 13.1. The Morgan fingerprint density at radius 2 is 1.69 bits per heavy atom. The fourth-order valence-corrected chi connectivity index (χ4v) is 5.99. The zero-order valence-corrected chi connectivity index (χ0v) is 19.5. The van der Waals surface area contributed by atoms with Crippen LogP contribution in [-0.2, 0) is 21.1 Å². The van der Waals surface area contributed by atoms with Crippen LogP contribution in [0.15, 0.2) is 59.5 Å². The van der Waals surface area contributed by atoms with Gasteiger partial charge in [0.05, 0.1) is 22.5 Å². The molecule has 1 saturated carbocycles.